The first-order valence-electron chi connectivity index (χ1n) is 20.6. The molecule has 2 heteroatoms. The van der Waals surface area contributed by atoms with E-state index in [9.17, 15) is 0 Å². The summed E-state index contributed by atoms with van der Waals surface area (Å²) in [6.45, 7) is 0. The molecule has 11 aromatic rings. The lowest BCUT2D eigenvalue weighted by Crippen LogP contribution is -2.11. The highest BCUT2D eigenvalue weighted by Gasteiger charge is 2.20. The smallest absolute Gasteiger partial charge is 0.0547 e. The van der Waals surface area contributed by atoms with Gasteiger partial charge in [-0.25, -0.2) is 0 Å². The van der Waals surface area contributed by atoms with E-state index in [0.717, 1.165) is 28.2 Å². The molecule has 60 heavy (non-hydrogen) atoms. The lowest BCUT2D eigenvalue weighted by Gasteiger charge is -2.28. The molecule has 0 bridgehead atoms. The van der Waals surface area contributed by atoms with Crippen molar-refractivity contribution in [2.45, 2.75) is 0 Å². The fourth-order valence-corrected chi connectivity index (χ4v) is 8.98. The zero-order chi connectivity index (χ0) is 39.8. The van der Waals surface area contributed by atoms with Gasteiger partial charge in [0.05, 0.1) is 22.4 Å². The van der Waals surface area contributed by atoms with Crippen molar-refractivity contribution >= 4 is 49.6 Å². The molecule has 10 aromatic carbocycles. The van der Waals surface area contributed by atoms with Gasteiger partial charge in [-0.15, -0.1) is 0 Å². The number of fused-ring (bicyclic) bond motifs is 4. The Morgan fingerprint density at radius 1 is 0.300 bits per heavy atom. The minimum absolute atomic E-state index is 1.09. The molecule has 0 aliphatic heterocycles. The lowest BCUT2D eigenvalue weighted by atomic mass is 9.94. The van der Waals surface area contributed by atoms with Crippen LogP contribution in [0.1, 0.15) is 0 Å². The number of para-hydroxylation sites is 2. The number of rotatable bonds is 8. The van der Waals surface area contributed by atoms with Crippen molar-refractivity contribution in [2.24, 2.45) is 0 Å². The van der Waals surface area contributed by atoms with Crippen LogP contribution in [-0.4, -0.2) is 4.57 Å². The summed E-state index contributed by atoms with van der Waals surface area (Å²) in [4.78, 5) is 2.39. The molecule has 0 aliphatic rings. The number of anilines is 3. The summed E-state index contributed by atoms with van der Waals surface area (Å²) in [6.07, 6.45) is 0. The molecular weight excluding hydrogens is 725 g/mol. The summed E-state index contributed by atoms with van der Waals surface area (Å²) in [5.74, 6) is 0. The van der Waals surface area contributed by atoms with Crippen LogP contribution < -0.4 is 4.90 Å². The first kappa shape index (κ1) is 35.2. The largest absolute Gasteiger partial charge is 0.310 e. The van der Waals surface area contributed by atoms with Gasteiger partial charge in [0.2, 0.25) is 0 Å². The van der Waals surface area contributed by atoms with E-state index in [0.29, 0.717) is 0 Å². The minimum atomic E-state index is 1.09. The summed E-state index contributed by atoms with van der Waals surface area (Å²) in [5, 5.41) is 4.97. The Bertz CT molecular complexity index is 3200. The van der Waals surface area contributed by atoms with Gasteiger partial charge in [0.15, 0.2) is 0 Å². The van der Waals surface area contributed by atoms with Gasteiger partial charge in [-0.05, 0) is 98.9 Å². The van der Waals surface area contributed by atoms with E-state index >= 15 is 0 Å². The number of hydrogen-bond acceptors (Lipinski definition) is 1. The monoisotopic (exact) mass is 764 g/mol. The van der Waals surface area contributed by atoms with Crippen LogP contribution >= 0.6 is 0 Å². The molecule has 0 atom stereocenters. The first-order valence-corrected chi connectivity index (χ1v) is 20.6. The van der Waals surface area contributed by atoms with E-state index in [2.05, 4.69) is 252 Å². The number of nitrogens with zero attached hydrogens (tertiary/aromatic N) is 2. The van der Waals surface area contributed by atoms with Crippen molar-refractivity contribution in [2.75, 3.05) is 4.90 Å². The highest BCUT2D eigenvalue weighted by atomic mass is 15.1. The summed E-state index contributed by atoms with van der Waals surface area (Å²) in [7, 11) is 0. The second-order valence-corrected chi connectivity index (χ2v) is 15.3. The molecule has 11 rings (SSSR count). The molecule has 1 heterocycles. The maximum absolute atomic E-state index is 2.44. The minimum Gasteiger partial charge on any atom is -0.310 e. The van der Waals surface area contributed by atoms with Crippen LogP contribution in [0.15, 0.2) is 243 Å². The molecular formula is C58H40N2. The number of aromatic nitrogens is 1. The Kier molecular flexibility index (Phi) is 8.87. The van der Waals surface area contributed by atoms with Gasteiger partial charge in [-0.3, -0.25) is 0 Å². The summed E-state index contributed by atoms with van der Waals surface area (Å²) >= 11 is 0. The molecule has 282 valence electrons. The third-order valence-corrected chi connectivity index (χ3v) is 11.8. The van der Waals surface area contributed by atoms with Crippen LogP contribution in [0, 0.1) is 0 Å². The van der Waals surface area contributed by atoms with Gasteiger partial charge in [-0.1, -0.05) is 188 Å². The molecule has 0 amide bonds. The maximum atomic E-state index is 2.44. The van der Waals surface area contributed by atoms with Crippen molar-refractivity contribution in [3.63, 3.8) is 0 Å². The highest BCUT2D eigenvalue weighted by Crippen LogP contribution is 2.44. The van der Waals surface area contributed by atoms with E-state index in [1.54, 1.807) is 0 Å². The molecule has 0 unspecified atom stereocenters. The van der Waals surface area contributed by atoms with Gasteiger partial charge < -0.3 is 9.47 Å². The predicted molar refractivity (Wildman–Crippen MR) is 255 cm³/mol. The van der Waals surface area contributed by atoms with Crippen molar-refractivity contribution in [3.8, 4) is 50.2 Å². The number of hydrogen-bond donors (Lipinski definition) is 0. The Labute approximate surface area is 350 Å². The summed E-state index contributed by atoms with van der Waals surface area (Å²) in [5.41, 5.74) is 16.4. The van der Waals surface area contributed by atoms with Crippen LogP contribution in [0.25, 0.3) is 82.8 Å². The molecule has 0 aliphatic carbocycles. The molecule has 0 fully saturated rings. The predicted octanol–water partition coefficient (Wildman–Crippen LogP) is 16.1. The quantitative estimate of drug-likeness (QED) is 0.150. The van der Waals surface area contributed by atoms with Crippen molar-refractivity contribution in [1.29, 1.82) is 0 Å². The van der Waals surface area contributed by atoms with Gasteiger partial charge in [0.25, 0.3) is 0 Å². The molecule has 0 saturated heterocycles. The van der Waals surface area contributed by atoms with E-state index in [-0.39, 0.29) is 0 Å². The zero-order valence-electron chi connectivity index (χ0n) is 33.0. The zero-order valence-corrected chi connectivity index (χ0v) is 33.0. The van der Waals surface area contributed by atoms with Crippen molar-refractivity contribution in [3.05, 3.63) is 243 Å². The Morgan fingerprint density at radius 2 is 0.767 bits per heavy atom. The normalized spacial score (nSPS) is 11.3. The van der Waals surface area contributed by atoms with E-state index in [1.165, 1.54) is 71.6 Å². The van der Waals surface area contributed by atoms with Crippen molar-refractivity contribution in [1.82, 2.24) is 4.57 Å². The van der Waals surface area contributed by atoms with Crippen molar-refractivity contribution < 1.29 is 0 Å². The Balaban J connectivity index is 1.06. The van der Waals surface area contributed by atoms with Gasteiger partial charge >= 0.3 is 0 Å². The first-order chi connectivity index (χ1) is 29.8. The second kappa shape index (κ2) is 15.1. The van der Waals surface area contributed by atoms with E-state index < -0.39 is 0 Å². The van der Waals surface area contributed by atoms with E-state index in [4.69, 9.17) is 0 Å². The SMILES string of the molecule is c1ccc(-c2ccc(N(c3ccc(-c4ccccc4)cc3)c3ccccc3-c3cccc(-c4cccc5c4c4ccccc4n5-c4cccc5ccccc45)c3)cc2)cc1. The fourth-order valence-electron chi connectivity index (χ4n) is 8.98. The third-order valence-electron chi connectivity index (χ3n) is 11.8. The second-order valence-electron chi connectivity index (χ2n) is 15.3. The topological polar surface area (TPSA) is 8.17 Å². The molecule has 1 aromatic heterocycles. The van der Waals surface area contributed by atoms with Crippen LogP contribution in [-0.2, 0) is 0 Å². The average Bonchev–Trinajstić information content (AvgIpc) is 3.67. The van der Waals surface area contributed by atoms with Crippen LogP contribution in [0.5, 0.6) is 0 Å². The Morgan fingerprint density at radius 3 is 1.47 bits per heavy atom. The molecule has 2 nitrogen and oxygen atoms in total. The van der Waals surface area contributed by atoms with Crippen LogP contribution in [0.2, 0.25) is 0 Å². The fraction of sp³-hybridized carbons (Fsp3) is 0. The highest BCUT2D eigenvalue weighted by molar-refractivity contribution is 6.16. The van der Waals surface area contributed by atoms with Gasteiger partial charge in [0.1, 0.15) is 0 Å². The Hall–Kier alpha value is -7.94. The molecule has 0 N–H and O–H groups in total. The number of benzene rings is 10. The average molecular weight is 765 g/mol. The standard InChI is InChI=1S/C58H40N2/c1-3-16-41(17-4-1)43-32-36-48(37-33-43)59(49-38-34-44(35-39-49)42-18-5-2-6-19-42)54-28-11-9-25-51(54)46-22-13-23-47(40-46)52-27-15-31-57-58(52)53-26-10-12-29-56(53)60(57)55-30-14-21-45-20-7-8-24-50(45)55/h1-40H. The van der Waals surface area contributed by atoms with Gasteiger partial charge in [-0.2, -0.15) is 0 Å². The van der Waals surface area contributed by atoms with Crippen LogP contribution in [0.3, 0.4) is 0 Å². The molecule has 0 spiro atoms. The summed E-state index contributed by atoms with van der Waals surface area (Å²) in [6, 6.07) is 87.8. The molecule has 0 radical (unpaired) electrons. The molecule has 0 saturated carbocycles. The third kappa shape index (κ3) is 6.23. The van der Waals surface area contributed by atoms with Crippen LogP contribution in [0.4, 0.5) is 17.1 Å². The van der Waals surface area contributed by atoms with Gasteiger partial charge in [0, 0.05) is 33.1 Å². The summed E-state index contributed by atoms with van der Waals surface area (Å²) < 4.78 is 2.44. The lowest BCUT2D eigenvalue weighted by molar-refractivity contribution is 1.20. The van der Waals surface area contributed by atoms with E-state index in [1.807, 2.05) is 0 Å². The maximum Gasteiger partial charge on any atom is 0.0547 e.